The summed E-state index contributed by atoms with van der Waals surface area (Å²) in [5.41, 5.74) is 4.36. The Bertz CT molecular complexity index is 1380. The van der Waals surface area contributed by atoms with Crippen molar-refractivity contribution in [1.29, 1.82) is 0 Å². The van der Waals surface area contributed by atoms with Crippen LogP contribution in [-0.4, -0.2) is 39.7 Å². The van der Waals surface area contributed by atoms with Crippen molar-refractivity contribution in [2.45, 2.75) is 6.92 Å². The van der Waals surface area contributed by atoms with Crippen LogP contribution in [0.3, 0.4) is 0 Å². The van der Waals surface area contributed by atoms with Gasteiger partial charge in [0.25, 0.3) is 0 Å². The van der Waals surface area contributed by atoms with Gasteiger partial charge in [-0.2, -0.15) is 5.10 Å². The zero-order valence-electron chi connectivity index (χ0n) is 14.6. The summed E-state index contributed by atoms with van der Waals surface area (Å²) < 4.78 is 3.35. The van der Waals surface area contributed by atoms with E-state index in [0.29, 0.717) is 17.2 Å². The van der Waals surface area contributed by atoms with E-state index < -0.39 is 0 Å². The van der Waals surface area contributed by atoms with Crippen molar-refractivity contribution in [2.75, 3.05) is 0 Å². The van der Waals surface area contributed by atoms with Gasteiger partial charge in [0.2, 0.25) is 5.43 Å². The zero-order valence-corrected chi connectivity index (χ0v) is 14.6. The van der Waals surface area contributed by atoms with E-state index in [-0.39, 0.29) is 10.9 Å². The number of rotatable bonds is 2. The van der Waals surface area contributed by atoms with Crippen molar-refractivity contribution in [1.82, 2.24) is 39.7 Å². The number of aryl methyl sites for hydroxylation is 2. The molecule has 4 aromatic heterocycles. The van der Waals surface area contributed by atoms with Crippen LogP contribution in [0.1, 0.15) is 5.69 Å². The number of hydrogen-bond acceptors (Lipinski definition) is 6. The number of H-pyrrole nitrogens is 1. The number of nitrogens with zero attached hydrogens (tertiary/aromatic N) is 7. The number of hydrogen-bond donors (Lipinski definition) is 1. The minimum absolute atomic E-state index is 0.191. The fourth-order valence-corrected chi connectivity index (χ4v) is 3.04. The molecule has 27 heavy (non-hydrogen) atoms. The second-order valence-corrected chi connectivity index (χ2v) is 6.25. The first kappa shape index (κ1) is 15.4. The number of fused-ring (bicyclic) bond motifs is 2. The average Bonchev–Trinajstić information content (AvgIpc) is 3.27. The van der Waals surface area contributed by atoms with Crippen LogP contribution in [-0.2, 0) is 7.05 Å². The molecule has 0 saturated carbocycles. The van der Waals surface area contributed by atoms with Crippen molar-refractivity contribution in [3.8, 4) is 17.1 Å². The summed E-state index contributed by atoms with van der Waals surface area (Å²) in [6.45, 7) is 1.90. The van der Waals surface area contributed by atoms with Gasteiger partial charge in [0.1, 0.15) is 11.2 Å². The number of pyridine rings is 1. The van der Waals surface area contributed by atoms with E-state index in [0.717, 1.165) is 22.3 Å². The maximum Gasteiger partial charge on any atom is 0.209 e. The van der Waals surface area contributed by atoms with Crippen molar-refractivity contribution in [2.24, 2.45) is 7.05 Å². The molecule has 0 spiro atoms. The third kappa shape index (κ3) is 2.40. The van der Waals surface area contributed by atoms with Gasteiger partial charge in [-0.25, -0.2) is 19.3 Å². The van der Waals surface area contributed by atoms with Crippen LogP contribution in [0.5, 0.6) is 0 Å². The van der Waals surface area contributed by atoms with Gasteiger partial charge >= 0.3 is 0 Å². The molecule has 0 amide bonds. The zero-order chi connectivity index (χ0) is 18.5. The van der Waals surface area contributed by atoms with Gasteiger partial charge in [-0.1, -0.05) is 11.3 Å². The van der Waals surface area contributed by atoms with Crippen LogP contribution < -0.4 is 5.43 Å². The van der Waals surface area contributed by atoms with E-state index in [4.69, 9.17) is 0 Å². The fraction of sp³-hybridized carbons (Fsp3) is 0.111. The van der Waals surface area contributed by atoms with Gasteiger partial charge in [-0.3, -0.25) is 4.79 Å². The Balaban J connectivity index is 1.86. The molecule has 9 nitrogen and oxygen atoms in total. The van der Waals surface area contributed by atoms with Gasteiger partial charge in [0.15, 0.2) is 17.0 Å². The molecule has 0 fully saturated rings. The van der Waals surface area contributed by atoms with E-state index >= 15 is 0 Å². The topological polar surface area (TPSA) is 107 Å². The Morgan fingerprint density at radius 2 is 2.00 bits per heavy atom. The van der Waals surface area contributed by atoms with Crippen molar-refractivity contribution >= 4 is 22.2 Å². The summed E-state index contributed by atoms with van der Waals surface area (Å²) in [5.74, 6) is 0.534. The Morgan fingerprint density at radius 1 is 1.11 bits per heavy atom. The SMILES string of the molecule is Cc1ccn(-c2nc3[nH]ccc(=O)c3nc2-c2ccc3nnn(C)c3c2)n1. The van der Waals surface area contributed by atoms with Crippen molar-refractivity contribution in [3.63, 3.8) is 0 Å². The van der Waals surface area contributed by atoms with Crippen LogP contribution in [0.25, 0.3) is 39.3 Å². The van der Waals surface area contributed by atoms with E-state index in [2.05, 4.69) is 30.4 Å². The fourth-order valence-electron chi connectivity index (χ4n) is 3.04. The molecule has 0 bridgehead atoms. The molecule has 5 aromatic rings. The Hall–Kier alpha value is -3.88. The highest BCUT2D eigenvalue weighted by Crippen LogP contribution is 2.27. The maximum absolute atomic E-state index is 12.3. The molecule has 0 atom stereocenters. The molecule has 4 heterocycles. The third-order valence-corrected chi connectivity index (χ3v) is 4.39. The first-order valence-corrected chi connectivity index (χ1v) is 8.32. The normalized spacial score (nSPS) is 11.5. The molecule has 132 valence electrons. The van der Waals surface area contributed by atoms with Gasteiger partial charge in [0, 0.05) is 31.1 Å². The van der Waals surface area contributed by atoms with Crippen LogP contribution in [0.15, 0.2) is 47.5 Å². The van der Waals surface area contributed by atoms with E-state index in [1.165, 1.54) is 6.07 Å². The van der Waals surface area contributed by atoms with E-state index in [9.17, 15) is 4.79 Å². The Morgan fingerprint density at radius 3 is 2.81 bits per heavy atom. The minimum atomic E-state index is -0.191. The predicted octanol–water partition coefficient (Wildman–Crippen LogP) is 1.76. The Labute approximate surface area is 152 Å². The maximum atomic E-state index is 12.3. The van der Waals surface area contributed by atoms with Gasteiger partial charge in [-0.15, -0.1) is 5.10 Å². The van der Waals surface area contributed by atoms with Crippen LogP contribution in [0.4, 0.5) is 0 Å². The average molecular weight is 358 g/mol. The number of nitrogens with one attached hydrogen (secondary N) is 1. The highest BCUT2D eigenvalue weighted by Gasteiger charge is 2.16. The smallest absolute Gasteiger partial charge is 0.209 e. The summed E-state index contributed by atoms with van der Waals surface area (Å²) in [5, 5.41) is 12.6. The van der Waals surface area contributed by atoms with Crippen LogP contribution >= 0.6 is 0 Å². The lowest BCUT2D eigenvalue weighted by molar-refractivity contribution is 0.736. The van der Waals surface area contributed by atoms with E-state index in [1.807, 2.05) is 44.4 Å². The first-order valence-electron chi connectivity index (χ1n) is 8.32. The molecule has 0 aliphatic carbocycles. The molecular formula is C18H14N8O. The molecule has 0 radical (unpaired) electrons. The highest BCUT2D eigenvalue weighted by atomic mass is 16.1. The Kier molecular flexibility index (Phi) is 3.17. The lowest BCUT2D eigenvalue weighted by atomic mass is 10.1. The molecule has 5 rings (SSSR count). The predicted molar refractivity (Wildman–Crippen MR) is 99.5 cm³/mol. The van der Waals surface area contributed by atoms with Crippen LogP contribution in [0, 0.1) is 6.92 Å². The lowest BCUT2D eigenvalue weighted by Gasteiger charge is -2.10. The van der Waals surface area contributed by atoms with Gasteiger partial charge in [-0.05, 0) is 25.1 Å². The lowest BCUT2D eigenvalue weighted by Crippen LogP contribution is -2.10. The quantitative estimate of drug-likeness (QED) is 0.515. The summed E-state index contributed by atoms with van der Waals surface area (Å²) in [6.07, 6.45) is 3.38. The number of aromatic amines is 1. The molecule has 0 aliphatic heterocycles. The summed E-state index contributed by atoms with van der Waals surface area (Å²) in [6, 6.07) is 9.02. The van der Waals surface area contributed by atoms with E-state index in [1.54, 1.807) is 15.6 Å². The summed E-state index contributed by atoms with van der Waals surface area (Å²) in [4.78, 5) is 24.5. The largest absolute Gasteiger partial charge is 0.345 e. The molecule has 0 unspecified atom stereocenters. The first-order chi connectivity index (χ1) is 13.1. The molecular weight excluding hydrogens is 344 g/mol. The van der Waals surface area contributed by atoms with Gasteiger partial charge in [0.05, 0.1) is 11.2 Å². The standard InChI is InChI=1S/C18H14N8O/c1-10-6-8-26(23-10)18-15(20-16-14(27)5-7-19-17(16)21-18)11-3-4-12-13(9-11)25(2)24-22-12/h3-9H,1-2H3,(H,19,21,27). The summed E-state index contributed by atoms with van der Waals surface area (Å²) in [7, 11) is 1.83. The monoisotopic (exact) mass is 358 g/mol. The number of benzene rings is 1. The summed E-state index contributed by atoms with van der Waals surface area (Å²) >= 11 is 0. The number of aromatic nitrogens is 8. The third-order valence-electron chi connectivity index (χ3n) is 4.39. The van der Waals surface area contributed by atoms with Gasteiger partial charge < -0.3 is 4.98 Å². The molecule has 1 N–H and O–H groups in total. The second-order valence-electron chi connectivity index (χ2n) is 6.25. The molecule has 9 heteroatoms. The molecule has 0 saturated heterocycles. The molecule has 0 aliphatic rings. The van der Waals surface area contributed by atoms with Crippen LogP contribution in [0.2, 0.25) is 0 Å². The van der Waals surface area contributed by atoms with Crippen molar-refractivity contribution < 1.29 is 0 Å². The minimum Gasteiger partial charge on any atom is -0.345 e. The molecule has 1 aromatic carbocycles. The highest BCUT2D eigenvalue weighted by molar-refractivity contribution is 5.84. The van der Waals surface area contributed by atoms with Crippen molar-refractivity contribution in [3.05, 3.63) is 58.6 Å². The second kappa shape index (κ2) is 5.56.